The van der Waals surface area contributed by atoms with Crippen LogP contribution in [0.4, 0.5) is 5.82 Å². The van der Waals surface area contributed by atoms with Crippen molar-refractivity contribution in [1.29, 1.82) is 0 Å². The summed E-state index contributed by atoms with van der Waals surface area (Å²) < 4.78 is 7.91. The zero-order chi connectivity index (χ0) is 22.9. The first-order chi connectivity index (χ1) is 16.1. The van der Waals surface area contributed by atoms with E-state index in [1.807, 2.05) is 30.2 Å². The molecule has 1 aliphatic carbocycles. The van der Waals surface area contributed by atoms with Gasteiger partial charge < -0.3 is 19.5 Å². The van der Waals surface area contributed by atoms with E-state index in [0.717, 1.165) is 11.4 Å². The number of hydrogen-bond donors (Lipinski definition) is 1. The van der Waals surface area contributed by atoms with E-state index in [9.17, 15) is 4.79 Å². The predicted molar refractivity (Wildman–Crippen MR) is 124 cm³/mol. The van der Waals surface area contributed by atoms with Gasteiger partial charge in [0.25, 0.3) is 0 Å². The minimum absolute atomic E-state index is 0.0836. The molecule has 2 atom stereocenters. The molecule has 0 radical (unpaired) electrons. The maximum absolute atomic E-state index is 13.4. The third-order valence-corrected chi connectivity index (χ3v) is 6.46. The standard InChI is InChI=1S/C23H30N8O2/c1-4-17(23(32)30-8-9-33-18(12-30)15-6-7-15)28-20-19-22(27-13-26-20)31(5-2)21(29-19)16-10-24-14(3)25-11-16/h10-11,13,15,17-18H,4-9,12H2,1-3H3,(H,26,27,28)/t17?,18-/m0/s1. The number of hydrogen-bond acceptors (Lipinski definition) is 8. The number of nitrogens with one attached hydrogen (secondary N) is 1. The Balaban J connectivity index is 1.42. The quantitative estimate of drug-likeness (QED) is 0.584. The highest BCUT2D eigenvalue weighted by Gasteiger charge is 2.37. The van der Waals surface area contributed by atoms with Crippen molar-refractivity contribution in [1.82, 2.24) is 34.4 Å². The fourth-order valence-electron chi connectivity index (χ4n) is 4.42. The van der Waals surface area contributed by atoms with Crippen LogP contribution in [0, 0.1) is 12.8 Å². The van der Waals surface area contributed by atoms with Gasteiger partial charge >= 0.3 is 0 Å². The number of carbonyl (C=O) groups is 1. The van der Waals surface area contributed by atoms with Gasteiger partial charge in [-0.25, -0.2) is 24.9 Å². The Morgan fingerprint density at radius 1 is 1.21 bits per heavy atom. The van der Waals surface area contributed by atoms with Gasteiger partial charge in [0.15, 0.2) is 17.0 Å². The first-order valence-electron chi connectivity index (χ1n) is 11.8. The van der Waals surface area contributed by atoms with Crippen molar-refractivity contribution in [2.24, 2.45) is 5.92 Å². The summed E-state index contributed by atoms with van der Waals surface area (Å²) >= 11 is 0. The number of anilines is 1. The lowest BCUT2D eigenvalue weighted by atomic mass is 10.1. The summed E-state index contributed by atoms with van der Waals surface area (Å²) in [4.78, 5) is 37.7. The lowest BCUT2D eigenvalue weighted by Crippen LogP contribution is -2.51. The summed E-state index contributed by atoms with van der Waals surface area (Å²) in [6.45, 7) is 8.48. The molecule has 10 nitrogen and oxygen atoms in total. The summed E-state index contributed by atoms with van der Waals surface area (Å²) in [7, 11) is 0. The van der Waals surface area contributed by atoms with E-state index in [0.29, 0.717) is 61.4 Å². The number of nitrogens with zero attached hydrogens (tertiary/aromatic N) is 7. The number of aryl methyl sites for hydroxylation is 2. The Hall–Kier alpha value is -3.14. The fraction of sp³-hybridized carbons (Fsp3) is 0.565. The number of morpholine rings is 1. The van der Waals surface area contributed by atoms with Gasteiger partial charge in [-0.1, -0.05) is 6.92 Å². The lowest BCUT2D eigenvalue weighted by Gasteiger charge is -2.35. The zero-order valence-corrected chi connectivity index (χ0v) is 19.4. The van der Waals surface area contributed by atoms with Crippen LogP contribution in [0.2, 0.25) is 0 Å². The van der Waals surface area contributed by atoms with Crippen LogP contribution in [0.15, 0.2) is 18.7 Å². The molecule has 3 aromatic heterocycles. The van der Waals surface area contributed by atoms with E-state index in [-0.39, 0.29) is 18.1 Å². The number of amides is 1. The predicted octanol–water partition coefficient (Wildman–Crippen LogP) is 2.44. The number of aromatic nitrogens is 6. The van der Waals surface area contributed by atoms with Crippen LogP contribution >= 0.6 is 0 Å². The molecule has 1 N–H and O–H groups in total. The Bertz CT molecular complexity index is 1140. The first-order valence-corrected chi connectivity index (χ1v) is 11.8. The van der Waals surface area contributed by atoms with E-state index in [2.05, 4.69) is 25.3 Å². The minimum atomic E-state index is -0.390. The Labute approximate surface area is 192 Å². The van der Waals surface area contributed by atoms with Crippen molar-refractivity contribution in [3.05, 3.63) is 24.5 Å². The van der Waals surface area contributed by atoms with Gasteiger partial charge in [0.1, 0.15) is 24.0 Å². The van der Waals surface area contributed by atoms with Gasteiger partial charge in [-0.3, -0.25) is 4.79 Å². The molecule has 1 unspecified atom stereocenters. The van der Waals surface area contributed by atoms with Gasteiger partial charge in [-0.05, 0) is 39.0 Å². The first kappa shape index (κ1) is 21.7. The third-order valence-electron chi connectivity index (χ3n) is 6.46. The second kappa shape index (κ2) is 9.01. The van der Waals surface area contributed by atoms with Crippen LogP contribution in [0.1, 0.15) is 38.9 Å². The number of ether oxygens (including phenoxy) is 1. The van der Waals surface area contributed by atoms with Gasteiger partial charge in [0.05, 0.1) is 18.3 Å². The molecule has 3 aromatic rings. The lowest BCUT2D eigenvalue weighted by molar-refractivity contribution is -0.140. The van der Waals surface area contributed by atoms with Gasteiger partial charge in [-0.2, -0.15) is 0 Å². The normalized spacial score (nSPS) is 19.6. The van der Waals surface area contributed by atoms with Crippen molar-refractivity contribution in [3.8, 4) is 11.4 Å². The molecule has 0 aromatic carbocycles. The van der Waals surface area contributed by atoms with Crippen molar-refractivity contribution in [3.63, 3.8) is 0 Å². The highest BCUT2D eigenvalue weighted by molar-refractivity contribution is 5.90. The van der Waals surface area contributed by atoms with Crippen LogP contribution in [-0.4, -0.2) is 72.1 Å². The monoisotopic (exact) mass is 450 g/mol. The van der Waals surface area contributed by atoms with E-state index in [1.165, 1.54) is 19.2 Å². The molecular formula is C23H30N8O2. The summed E-state index contributed by atoms with van der Waals surface area (Å²) in [5.74, 6) is 2.69. The van der Waals surface area contributed by atoms with E-state index < -0.39 is 0 Å². The highest BCUT2D eigenvalue weighted by atomic mass is 16.5. The Morgan fingerprint density at radius 2 is 2.00 bits per heavy atom. The maximum atomic E-state index is 13.4. The molecule has 33 heavy (non-hydrogen) atoms. The summed E-state index contributed by atoms with van der Waals surface area (Å²) in [6, 6.07) is -0.390. The summed E-state index contributed by atoms with van der Waals surface area (Å²) in [5, 5.41) is 3.36. The maximum Gasteiger partial charge on any atom is 0.245 e. The number of imidazole rings is 1. The minimum Gasteiger partial charge on any atom is -0.374 e. The molecule has 0 bridgehead atoms. The topological polar surface area (TPSA) is 111 Å². The van der Waals surface area contributed by atoms with E-state index in [1.54, 1.807) is 12.4 Å². The Morgan fingerprint density at radius 3 is 2.70 bits per heavy atom. The molecular weight excluding hydrogens is 420 g/mol. The molecule has 1 amide bonds. The molecule has 2 aliphatic rings. The van der Waals surface area contributed by atoms with Crippen molar-refractivity contribution in [2.45, 2.75) is 58.7 Å². The van der Waals surface area contributed by atoms with Crippen LogP contribution < -0.4 is 5.32 Å². The largest absolute Gasteiger partial charge is 0.374 e. The molecule has 0 spiro atoms. The molecule has 1 aliphatic heterocycles. The van der Waals surface area contributed by atoms with Crippen LogP contribution in [0.5, 0.6) is 0 Å². The van der Waals surface area contributed by atoms with Crippen LogP contribution in [-0.2, 0) is 16.1 Å². The van der Waals surface area contributed by atoms with E-state index in [4.69, 9.17) is 9.72 Å². The smallest absolute Gasteiger partial charge is 0.245 e. The number of fused-ring (bicyclic) bond motifs is 1. The zero-order valence-electron chi connectivity index (χ0n) is 19.4. The van der Waals surface area contributed by atoms with Crippen LogP contribution in [0.25, 0.3) is 22.6 Å². The summed E-state index contributed by atoms with van der Waals surface area (Å²) in [6.07, 6.45) is 8.27. The van der Waals surface area contributed by atoms with E-state index >= 15 is 0 Å². The number of carbonyl (C=O) groups excluding carboxylic acids is 1. The molecule has 1 saturated carbocycles. The average Bonchev–Trinajstić information content (AvgIpc) is 3.63. The van der Waals surface area contributed by atoms with Crippen molar-refractivity contribution < 1.29 is 9.53 Å². The number of rotatable bonds is 7. The third kappa shape index (κ3) is 4.27. The second-order valence-corrected chi connectivity index (χ2v) is 8.73. The molecule has 1 saturated heterocycles. The molecule has 4 heterocycles. The average molecular weight is 451 g/mol. The van der Waals surface area contributed by atoms with Crippen molar-refractivity contribution >= 4 is 22.9 Å². The van der Waals surface area contributed by atoms with Crippen molar-refractivity contribution in [2.75, 3.05) is 25.0 Å². The summed E-state index contributed by atoms with van der Waals surface area (Å²) in [5.41, 5.74) is 2.17. The van der Waals surface area contributed by atoms with Gasteiger partial charge in [0, 0.05) is 32.0 Å². The molecule has 174 valence electrons. The van der Waals surface area contributed by atoms with Gasteiger partial charge in [0.2, 0.25) is 5.91 Å². The highest BCUT2D eigenvalue weighted by Crippen LogP contribution is 2.36. The van der Waals surface area contributed by atoms with Crippen LogP contribution in [0.3, 0.4) is 0 Å². The molecule has 10 heteroatoms. The second-order valence-electron chi connectivity index (χ2n) is 8.73. The molecule has 5 rings (SSSR count). The Kier molecular flexibility index (Phi) is 5.92. The fourth-order valence-corrected chi connectivity index (χ4v) is 4.42. The SMILES string of the molecule is CCC(Nc1ncnc2c1nc(-c1cnc(C)nc1)n2CC)C(=O)N1CCO[C@H](C2CC2)C1. The van der Waals surface area contributed by atoms with Gasteiger partial charge in [-0.15, -0.1) is 0 Å². The molecule has 2 fully saturated rings.